The summed E-state index contributed by atoms with van der Waals surface area (Å²) in [7, 11) is 1.85. The van der Waals surface area contributed by atoms with E-state index in [4.69, 9.17) is 4.74 Å². The standard InChI is InChI=1S/C13H20N2O3/c1-4-5-7-14-12(17)9-18-13-10(2)15(3)8-6-11(13)16/h6,8H,4-5,7,9H2,1-3H3,(H,14,17)/p+1. The number of ether oxygens (including phenoxy) is 1. The largest absolute Gasteiger partial charge is 0.504 e. The Bertz CT molecular complexity index is 419. The molecular weight excluding hydrogens is 232 g/mol. The first-order chi connectivity index (χ1) is 8.56. The molecule has 0 atom stereocenters. The molecule has 5 heteroatoms. The molecule has 5 nitrogen and oxygen atoms in total. The van der Waals surface area contributed by atoms with Crippen molar-refractivity contribution in [1.29, 1.82) is 0 Å². The van der Waals surface area contributed by atoms with Crippen molar-refractivity contribution in [2.24, 2.45) is 7.05 Å². The summed E-state index contributed by atoms with van der Waals surface area (Å²) in [6.45, 7) is 4.46. The van der Waals surface area contributed by atoms with Crippen LogP contribution in [0.3, 0.4) is 0 Å². The number of nitrogens with zero attached hydrogens (tertiary/aromatic N) is 1. The molecule has 0 saturated heterocycles. The summed E-state index contributed by atoms with van der Waals surface area (Å²) in [5.41, 5.74) is 0.774. The van der Waals surface area contributed by atoms with E-state index in [2.05, 4.69) is 12.2 Å². The van der Waals surface area contributed by atoms with Gasteiger partial charge >= 0.3 is 0 Å². The van der Waals surface area contributed by atoms with Gasteiger partial charge in [-0.05, 0) is 6.42 Å². The second-order valence-corrected chi connectivity index (χ2v) is 4.22. The van der Waals surface area contributed by atoms with E-state index in [0.29, 0.717) is 12.3 Å². The second kappa shape index (κ2) is 6.83. The molecule has 100 valence electrons. The molecule has 1 heterocycles. The average Bonchev–Trinajstić information content (AvgIpc) is 2.34. The Morgan fingerprint density at radius 1 is 1.56 bits per heavy atom. The number of amides is 1. The molecule has 0 aliphatic carbocycles. The van der Waals surface area contributed by atoms with Crippen LogP contribution in [0, 0.1) is 6.92 Å². The number of aryl methyl sites for hydroxylation is 1. The Hall–Kier alpha value is -1.78. The van der Waals surface area contributed by atoms with E-state index in [1.165, 1.54) is 6.07 Å². The maximum absolute atomic E-state index is 11.5. The fourth-order valence-electron chi connectivity index (χ4n) is 1.49. The van der Waals surface area contributed by atoms with E-state index in [9.17, 15) is 9.90 Å². The van der Waals surface area contributed by atoms with Crippen LogP contribution in [0.2, 0.25) is 0 Å². The number of unbranched alkanes of at least 4 members (excludes halogenated alkanes) is 1. The highest BCUT2D eigenvalue weighted by molar-refractivity contribution is 5.77. The minimum atomic E-state index is -0.172. The van der Waals surface area contributed by atoms with Crippen molar-refractivity contribution >= 4 is 5.91 Å². The molecule has 0 radical (unpaired) electrons. The predicted molar refractivity (Wildman–Crippen MR) is 67.4 cm³/mol. The van der Waals surface area contributed by atoms with Crippen LogP contribution in [0.15, 0.2) is 12.3 Å². The van der Waals surface area contributed by atoms with Gasteiger partial charge in [0.15, 0.2) is 18.6 Å². The first-order valence-electron chi connectivity index (χ1n) is 6.14. The van der Waals surface area contributed by atoms with Gasteiger partial charge in [0.1, 0.15) is 7.05 Å². The maximum Gasteiger partial charge on any atom is 0.257 e. The first kappa shape index (κ1) is 14.3. The lowest BCUT2D eigenvalue weighted by Crippen LogP contribution is -2.33. The van der Waals surface area contributed by atoms with Crippen molar-refractivity contribution in [1.82, 2.24) is 5.32 Å². The Balaban J connectivity index is 2.53. The molecule has 0 spiro atoms. The van der Waals surface area contributed by atoms with Gasteiger partial charge in [-0.1, -0.05) is 13.3 Å². The molecule has 0 unspecified atom stereocenters. The highest BCUT2D eigenvalue weighted by atomic mass is 16.5. The quantitative estimate of drug-likeness (QED) is 0.583. The molecule has 1 aromatic rings. The molecular formula is C13H21N2O3+. The first-order valence-corrected chi connectivity index (χ1v) is 6.14. The third-order valence-corrected chi connectivity index (χ3v) is 2.75. The van der Waals surface area contributed by atoms with Crippen LogP contribution in [0.25, 0.3) is 0 Å². The summed E-state index contributed by atoms with van der Waals surface area (Å²) < 4.78 is 7.18. The zero-order valence-electron chi connectivity index (χ0n) is 11.2. The minimum Gasteiger partial charge on any atom is -0.504 e. The average molecular weight is 253 g/mol. The number of carbonyl (C=O) groups is 1. The van der Waals surface area contributed by atoms with Gasteiger partial charge in [-0.2, -0.15) is 0 Å². The van der Waals surface area contributed by atoms with Crippen molar-refractivity contribution in [3.8, 4) is 11.5 Å². The van der Waals surface area contributed by atoms with Gasteiger partial charge in [0.25, 0.3) is 5.91 Å². The van der Waals surface area contributed by atoms with E-state index in [1.807, 2.05) is 18.5 Å². The van der Waals surface area contributed by atoms with Crippen LogP contribution in [-0.2, 0) is 11.8 Å². The van der Waals surface area contributed by atoms with Gasteiger partial charge in [-0.3, -0.25) is 4.79 Å². The molecule has 0 fully saturated rings. The normalized spacial score (nSPS) is 10.2. The summed E-state index contributed by atoms with van der Waals surface area (Å²) in [6, 6.07) is 1.54. The molecule has 0 bridgehead atoms. The monoisotopic (exact) mass is 253 g/mol. The van der Waals surface area contributed by atoms with Gasteiger partial charge < -0.3 is 15.2 Å². The van der Waals surface area contributed by atoms with E-state index < -0.39 is 0 Å². The zero-order valence-corrected chi connectivity index (χ0v) is 11.2. The summed E-state index contributed by atoms with van der Waals surface area (Å²) in [4.78, 5) is 11.5. The number of hydrogen-bond donors (Lipinski definition) is 2. The molecule has 1 rings (SSSR count). The smallest absolute Gasteiger partial charge is 0.257 e. The fourth-order valence-corrected chi connectivity index (χ4v) is 1.49. The van der Waals surface area contributed by atoms with E-state index >= 15 is 0 Å². The van der Waals surface area contributed by atoms with Crippen molar-refractivity contribution in [3.63, 3.8) is 0 Å². The Labute approximate surface area is 107 Å². The lowest BCUT2D eigenvalue weighted by atomic mass is 10.3. The van der Waals surface area contributed by atoms with E-state index in [-0.39, 0.29) is 18.3 Å². The number of rotatable bonds is 6. The lowest BCUT2D eigenvalue weighted by molar-refractivity contribution is -0.678. The number of pyridine rings is 1. The highest BCUT2D eigenvalue weighted by Crippen LogP contribution is 2.26. The SMILES string of the molecule is CCCCNC(=O)COc1c(O)cc[n+](C)c1C. The van der Waals surface area contributed by atoms with Crippen LogP contribution in [-0.4, -0.2) is 24.2 Å². The van der Waals surface area contributed by atoms with E-state index in [1.54, 1.807) is 6.20 Å². The second-order valence-electron chi connectivity index (χ2n) is 4.22. The minimum absolute atomic E-state index is 0.0481. The number of aromatic nitrogens is 1. The molecule has 0 aromatic carbocycles. The van der Waals surface area contributed by atoms with Gasteiger partial charge in [0, 0.05) is 19.5 Å². The molecule has 2 N–H and O–H groups in total. The van der Waals surface area contributed by atoms with Crippen molar-refractivity contribution in [2.45, 2.75) is 26.7 Å². The van der Waals surface area contributed by atoms with Crippen molar-refractivity contribution < 1.29 is 19.2 Å². The third kappa shape index (κ3) is 3.91. The van der Waals surface area contributed by atoms with Crippen molar-refractivity contribution in [2.75, 3.05) is 13.2 Å². The van der Waals surface area contributed by atoms with Crippen LogP contribution in [0.4, 0.5) is 0 Å². The summed E-state index contributed by atoms with van der Waals surface area (Å²) in [5.74, 6) is 0.228. The van der Waals surface area contributed by atoms with Gasteiger partial charge in [-0.25, -0.2) is 4.57 Å². The molecule has 0 aliphatic heterocycles. The Morgan fingerprint density at radius 2 is 2.28 bits per heavy atom. The maximum atomic E-state index is 11.5. The van der Waals surface area contributed by atoms with Crippen LogP contribution in [0.5, 0.6) is 11.5 Å². The molecule has 1 amide bonds. The molecule has 18 heavy (non-hydrogen) atoms. The van der Waals surface area contributed by atoms with Gasteiger partial charge in [0.2, 0.25) is 11.4 Å². The summed E-state index contributed by atoms with van der Waals surface area (Å²) >= 11 is 0. The number of carbonyl (C=O) groups excluding carboxylic acids is 1. The van der Waals surface area contributed by atoms with Gasteiger partial charge in [-0.15, -0.1) is 0 Å². The Morgan fingerprint density at radius 3 is 2.94 bits per heavy atom. The summed E-state index contributed by atoms with van der Waals surface area (Å²) in [6.07, 6.45) is 3.73. The van der Waals surface area contributed by atoms with Crippen molar-refractivity contribution in [3.05, 3.63) is 18.0 Å². The number of hydrogen-bond acceptors (Lipinski definition) is 3. The van der Waals surface area contributed by atoms with Gasteiger partial charge in [0.05, 0.1) is 0 Å². The van der Waals surface area contributed by atoms with Crippen LogP contribution < -0.4 is 14.6 Å². The summed E-state index contributed by atoms with van der Waals surface area (Å²) in [5, 5.41) is 12.4. The highest BCUT2D eigenvalue weighted by Gasteiger charge is 2.16. The van der Waals surface area contributed by atoms with E-state index in [0.717, 1.165) is 18.5 Å². The number of aromatic hydroxyl groups is 1. The fraction of sp³-hybridized carbons (Fsp3) is 0.538. The molecule has 0 aliphatic rings. The molecule has 0 saturated carbocycles. The molecule has 1 aromatic heterocycles. The van der Waals surface area contributed by atoms with Crippen LogP contribution >= 0.6 is 0 Å². The topological polar surface area (TPSA) is 62.4 Å². The third-order valence-electron chi connectivity index (χ3n) is 2.75. The lowest BCUT2D eigenvalue weighted by Gasteiger charge is -2.09. The zero-order chi connectivity index (χ0) is 13.5. The van der Waals surface area contributed by atoms with Crippen LogP contribution in [0.1, 0.15) is 25.5 Å². The predicted octanol–water partition coefficient (Wildman–Crippen LogP) is 0.820. The Kier molecular flexibility index (Phi) is 5.42. The number of nitrogens with one attached hydrogen (secondary N) is 1.